The fourth-order valence-corrected chi connectivity index (χ4v) is 94.2. The summed E-state index contributed by atoms with van der Waals surface area (Å²) in [6.07, 6.45) is 0. The van der Waals surface area contributed by atoms with Crippen molar-refractivity contribution in [2.24, 2.45) is 5.92 Å². The Morgan fingerprint density at radius 3 is 1.69 bits per heavy atom. The van der Waals surface area contributed by atoms with Crippen LogP contribution in [0.4, 0.5) is 0 Å². The molecule has 0 aromatic rings. The van der Waals surface area contributed by atoms with Gasteiger partial charge in [0.25, 0.3) is 0 Å². The van der Waals surface area contributed by atoms with Crippen LogP contribution in [-0.4, -0.2) is 26.7 Å². The molecule has 1 N–H and O–H groups in total. The molecule has 1 atom stereocenters. The minimum atomic E-state index is -5.05. The van der Waals surface area contributed by atoms with E-state index in [1.807, 2.05) is 0 Å². The summed E-state index contributed by atoms with van der Waals surface area (Å²) < 4.78 is 17.9. The van der Waals surface area contributed by atoms with Crippen molar-refractivity contribution >= 4 is 45.9 Å². The zero-order chi connectivity index (χ0) is 22.0. The molecular weight excluding hydrogens is 529 g/mol. The predicted octanol–water partition coefficient (Wildman–Crippen LogP) is 6.94. The number of hydrogen-bond donors (Lipinski definition) is 1. The second-order valence-corrected chi connectivity index (χ2v) is 87.1. The summed E-state index contributed by atoms with van der Waals surface area (Å²) in [6.45, 7) is 33.7. The van der Waals surface area contributed by atoms with Gasteiger partial charge in [-0.05, 0) is 0 Å². The van der Waals surface area contributed by atoms with Gasteiger partial charge in [-0.25, -0.2) is 0 Å². The molecule has 0 radical (unpaired) electrons. The van der Waals surface area contributed by atoms with Gasteiger partial charge in [0.1, 0.15) is 0 Å². The fourth-order valence-electron chi connectivity index (χ4n) is 7.10. The summed E-state index contributed by atoms with van der Waals surface area (Å²) in [5.74, 6) is -0.883. The van der Waals surface area contributed by atoms with E-state index in [2.05, 4.69) is 103 Å². The van der Waals surface area contributed by atoms with Crippen molar-refractivity contribution in [1.29, 1.82) is 0 Å². The Balaban J connectivity index is 0. The minimum Gasteiger partial charge on any atom is -0.147 e. The molecule has 176 valence electrons. The first-order chi connectivity index (χ1) is 11.5. The van der Waals surface area contributed by atoms with Gasteiger partial charge in [-0.15, -0.1) is 24.8 Å². The molecule has 0 saturated heterocycles. The Kier molecular flexibility index (Phi) is 8.78. The third-order valence-corrected chi connectivity index (χ3v) is 106. The molecule has 1 aliphatic carbocycles. The number of halogens is 2. The van der Waals surface area contributed by atoms with Crippen LogP contribution in [0.25, 0.3) is 0 Å². The van der Waals surface area contributed by atoms with Crippen LogP contribution in [0.1, 0.15) is 55.4 Å². The van der Waals surface area contributed by atoms with Gasteiger partial charge in [0.2, 0.25) is 0 Å². The zero-order valence-electron chi connectivity index (χ0n) is 21.8. The fraction of sp³-hybridized carbons (Fsp3) is 0.810. The maximum Gasteiger partial charge on any atom is -0.147 e. The smallest absolute Gasteiger partial charge is 0.147 e. The quantitative estimate of drug-likeness (QED) is 0.344. The van der Waals surface area contributed by atoms with Gasteiger partial charge in [-0.2, -0.15) is 0 Å². The van der Waals surface area contributed by atoms with Crippen LogP contribution in [0, 0.1) is 5.92 Å². The van der Waals surface area contributed by atoms with E-state index in [1.54, 1.807) is 8.85 Å². The summed E-state index contributed by atoms with van der Waals surface area (Å²) in [5.41, 5.74) is 4.57. The van der Waals surface area contributed by atoms with Crippen molar-refractivity contribution in [2.75, 3.05) is 0 Å². The predicted molar refractivity (Wildman–Crippen MR) is 146 cm³/mol. The summed E-state index contributed by atoms with van der Waals surface area (Å²) in [5, 5.41) is 0. The summed E-state index contributed by atoms with van der Waals surface area (Å²) in [6, 6.07) is 0. The maximum absolute atomic E-state index is 7.90. The average molecular weight is 580 g/mol. The molecule has 0 saturated carbocycles. The Bertz CT molecular complexity index is 840. The van der Waals surface area contributed by atoms with E-state index in [-0.39, 0.29) is 30.4 Å². The van der Waals surface area contributed by atoms with Crippen molar-refractivity contribution in [3.63, 3.8) is 0 Å². The number of rotatable bonds is 6. The van der Waals surface area contributed by atoms with Gasteiger partial charge < -0.3 is 0 Å². The van der Waals surface area contributed by atoms with E-state index in [0.29, 0.717) is 5.92 Å². The molecule has 0 aromatic carbocycles. The molecule has 0 amide bonds. The summed E-state index contributed by atoms with van der Waals surface area (Å²) in [4.78, 5) is 0. The third kappa shape index (κ3) is 4.62. The van der Waals surface area contributed by atoms with Crippen LogP contribution in [0.15, 0.2) is 20.0 Å². The van der Waals surface area contributed by atoms with Gasteiger partial charge in [-0.1, -0.05) is 0 Å². The molecule has 0 aliphatic heterocycles. The van der Waals surface area contributed by atoms with E-state index in [1.165, 1.54) is 11.1 Å². The van der Waals surface area contributed by atoms with Crippen LogP contribution in [0.2, 0.25) is 41.5 Å². The van der Waals surface area contributed by atoms with Crippen molar-refractivity contribution < 1.29 is 16.8 Å². The molecule has 0 spiro atoms. The van der Waals surface area contributed by atoms with Gasteiger partial charge in [0.05, 0.1) is 0 Å². The van der Waals surface area contributed by atoms with Crippen molar-refractivity contribution in [3.05, 3.63) is 20.0 Å². The molecule has 2 nitrogen and oxygen atoms in total. The number of hydrogen-bond acceptors (Lipinski definition) is 2. The standard InChI is InChI=1S/C9H13.C4H10N.C3H9OSi.C2H7Si.C2H5.CH3.2ClH.H2Si.Zr/c1-6-5-7(2)9(4)8(6)3;1-4(2,3)5;1-5(2,3)4;1-3-2;1-2;;;;;/h6H,1-4H3;5H,1-3H3;1-3H3;3H,1-2H3;1H2,2H3;1H3;2*1H;1H2;/q;2*-1;;;;;;;+2. The Hall–Kier alpha value is 1.51. The van der Waals surface area contributed by atoms with Gasteiger partial charge >= 0.3 is 170 Å². The molecule has 0 bridgehead atoms. The molecule has 0 fully saturated rings. The van der Waals surface area contributed by atoms with E-state index in [4.69, 9.17) is 2.50 Å². The molecule has 29 heavy (non-hydrogen) atoms. The van der Waals surface area contributed by atoms with Crippen LogP contribution < -0.4 is 3.26 Å². The Labute approximate surface area is 193 Å². The Morgan fingerprint density at radius 2 is 1.48 bits per heavy atom. The monoisotopic (exact) mass is 577 g/mol. The molecule has 1 unspecified atom stereocenters. The zero-order valence-corrected chi connectivity index (χ0v) is 29.5. The molecule has 1 rings (SSSR count). The van der Waals surface area contributed by atoms with Crippen LogP contribution >= 0.6 is 24.8 Å². The molecule has 8 heteroatoms. The van der Waals surface area contributed by atoms with Crippen LogP contribution in [-0.2, 0) is 16.8 Å². The van der Waals surface area contributed by atoms with E-state index >= 15 is 0 Å². The topological polar surface area (TPSA) is 21.3 Å². The van der Waals surface area contributed by atoms with Crippen LogP contribution in [0.5, 0.6) is 0 Å². The first kappa shape index (κ1) is 32.7. The second-order valence-electron chi connectivity index (χ2n) is 13.3. The largest absolute Gasteiger partial charge is 0.147 e. The van der Waals surface area contributed by atoms with Crippen molar-refractivity contribution in [3.8, 4) is 0 Å². The Morgan fingerprint density at radius 1 is 1.07 bits per heavy atom. The minimum absolute atomic E-state index is 0. The SMILES string of the molecule is C[CH2][Zr]([CH3])(=[SiH2])([NH]C(C)(C)C)([O][Si](C)(C)C)([C]1=C(C)C(C)=C(C)C1C)[SiH](C)C.Cl.Cl. The number of nitrogens with one attached hydrogen (secondary N) is 1. The van der Waals surface area contributed by atoms with E-state index in [0.717, 1.165) is 4.13 Å². The van der Waals surface area contributed by atoms with E-state index < -0.39 is 28.6 Å². The average Bonchev–Trinajstić information content (AvgIpc) is 2.60. The second kappa shape index (κ2) is 7.79. The van der Waals surface area contributed by atoms with Gasteiger partial charge in [0.15, 0.2) is 0 Å². The molecule has 0 heterocycles. The molecule has 0 aromatic heterocycles. The van der Waals surface area contributed by atoms with Gasteiger partial charge in [-0.3, -0.25) is 0 Å². The first-order valence-electron chi connectivity index (χ1n) is 10.9. The summed E-state index contributed by atoms with van der Waals surface area (Å²) >= 11 is -5.05. The van der Waals surface area contributed by atoms with Crippen molar-refractivity contribution in [2.45, 2.75) is 102 Å². The molecule has 1 aliphatic rings. The van der Waals surface area contributed by atoms with E-state index in [9.17, 15) is 0 Å². The summed E-state index contributed by atoms with van der Waals surface area (Å²) in [7, 11) is -1.85. The first-order valence-corrected chi connectivity index (χ1v) is 35.1. The van der Waals surface area contributed by atoms with Crippen LogP contribution in [0.3, 0.4) is 0 Å². The van der Waals surface area contributed by atoms with Crippen molar-refractivity contribution in [1.82, 2.24) is 3.26 Å². The number of allylic oxidation sites excluding steroid dienone is 4. The maximum atomic E-state index is 7.90. The normalized spacial score (nSPS) is 22.4. The molecular formula is C21H51Cl2NOSi3Zr. The third-order valence-electron chi connectivity index (χ3n) is 8.78. The van der Waals surface area contributed by atoms with Gasteiger partial charge in [0, 0.05) is 0 Å².